The predicted molar refractivity (Wildman–Crippen MR) is 145 cm³/mol. The van der Waals surface area contributed by atoms with Crippen molar-refractivity contribution in [2.24, 2.45) is 7.05 Å². The fraction of sp³-hybridized carbons (Fsp3) is 0.200. The molecule has 188 valence electrons. The molecule has 7 nitrogen and oxygen atoms in total. The Morgan fingerprint density at radius 3 is 2.46 bits per heavy atom. The maximum atomic E-state index is 13.9. The first-order chi connectivity index (χ1) is 17.9. The van der Waals surface area contributed by atoms with Gasteiger partial charge >= 0.3 is 0 Å². The van der Waals surface area contributed by atoms with Crippen LogP contribution in [0.1, 0.15) is 35.2 Å². The van der Waals surface area contributed by atoms with Gasteiger partial charge in [0.2, 0.25) is 5.91 Å². The molecule has 2 heterocycles. The molecule has 1 atom stereocenters. The van der Waals surface area contributed by atoms with Gasteiger partial charge in [0.25, 0.3) is 5.56 Å². The first-order valence-electron chi connectivity index (χ1n) is 12.2. The van der Waals surface area contributed by atoms with Crippen molar-refractivity contribution in [2.45, 2.75) is 19.3 Å². The first kappa shape index (κ1) is 24.2. The van der Waals surface area contributed by atoms with Crippen LogP contribution in [0.4, 0.5) is 0 Å². The second-order valence-electron chi connectivity index (χ2n) is 9.11. The molecule has 37 heavy (non-hydrogen) atoms. The zero-order valence-corrected chi connectivity index (χ0v) is 21.0. The molecule has 0 aliphatic heterocycles. The molecule has 0 spiro atoms. The molecule has 0 saturated carbocycles. The minimum absolute atomic E-state index is 0.0546. The third kappa shape index (κ3) is 4.22. The highest BCUT2D eigenvalue weighted by Gasteiger charge is 2.31. The van der Waals surface area contributed by atoms with Gasteiger partial charge < -0.3 is 24.7 Å². The SMILES string of the molecule is COc1ccccc1C(c1[nH]c2ccccc2c1CCNC(C)=O)c1c(O)c2ccccc2n(C)c1=O. The lowest BCUT2D eigenvalue weighted by Gasteiger charge is -2.23. The van der Waals surface area contributed by atoms with E-state index in [1.54, 1.807) is 18.7 Å². The average molecular weight is 496 g/mol. The van der Waals surface area contributed by atoms with E-state index in [9.17, 15) is 14.7 Å². The number of aromatic hydroxyl groups is 1. The molecule has 5 rings (SSSR count). The lowest BCUT2D eigenvalue weighted by Crippen LogP contribution is -2.26. The quantitative estimate of drug-likeness (QED) is 0.308. The van der Waals surface area contributed by atoms with Crippen molar-refractivity contribution in [3.8, 4) is 11.5 Å². The van der Waals surface area contributed by atoms with E-state index < -0.39 is 5.92 Å². The summed E-state index contributed by atoms with van der Waals surface area (Å²) in [6.07, 6.45) is 0.541. The normalized spacial score (nSPS) is 12.1. The summed E-state index contributed by atoms with van der Waals surface area (Å²) in [6, 6.07) is 22.8. The number of carbonyl (C=O) groups excluding carboxylic acids is 1. The number of ether oxygens (including phenoxy) is 1. The van der Waals surface area contributed by atoms with Gasteiger partial charge in [0.15, 0.2) is 0 Å². The topological polar surface area (TPSA) is 96.3 Å². The van der Waals surface area contributed by atoms with E-state index in [2.05, 4.69) is 10.3 Å². The number of rotatable bonds is 7. The molecule has 0 radical (unpaired) electrons. The summed E-state index contributed by atoms with van der Waals surface area (Å²) >= 11 is 0. The Hall–Kier alpha value is -4.52. The van der Waals surface area contributed by atoms with E-state index in [-0.39, 0.29) is 22.8 Å². The number of methoxy groups -OCH3 is 1. The highest BCUT2D eigenvalue weighted by atomic mass is 16.5. The number of aromatic amines is 1. The van der Waals surface area contributed by atoms with E-state index in [0.717, 1.165) is 27.7 Å². The van der Waals surface area contributed by atoms with Crippen LogP contribution in [0.5, 0.6) is 11.5 Å². The molecule has 1 amide bonds. The van der Waals surface area contributed by atoms with Gasteiger partial charge in [0, 0.05) is 48.1 Å². The van der Waals surface area contributed by atoms with E-state index in [4.69, 9.17) is 4.74 Å². The van der Waals surface area contributed by atoms with Gasteiger partial charge in [0.05, 0.1) is 24.1 Å². The number of nitrogens with zero attached hydrogens (tertiary/aromatic N) is 1. The average Bonchev–Trinajstić information content (AvgIpc) is 3.27. The van der Waals surface area contributed by atoms with Crippen molar-refractivity contribution in [3.05, 3.63) is 106 Å². The maximum absolute atomic E-state index is 13.9. The van der Waals surface area contributed by atoms with Crippen LogP contribution in [0.25, 0.3) is 21.8 Å². The zero-order valence-electron chi connectivity index (χ0n) is 21.0. The van der Waals surface area contributed by atoms with Gasteiger partial charge in [-0.3, -0.25) is 9.59 Å². The van der Waals surface area contributed by atoms with Crippen LogP contribution in [-0.2, 0) is 18.3 Å². The Morgan fingerprint density at radius 2 is 1.70 bits per heavy atom. The molecule has 0 saturated heterocycles. The lowest BCUT2D eigenvalue weighted by molar-refractivity contribution is -0.118. The number of hydrogen-bond acceptors (Lipinski definition) is 4. The summed E-state index contributed by atoms with van der Waals surface area (Å²) < 4.78 is 7.31. The van der Waals surface area contributed by atoms with Crippen molar-refractivity contribution >= 4 is 27.7 Å². The molecule has 1 unspecified atom stereocenters. The monoisotopic (exact) mass is 495 g/mol. The van der Waals surface area contributed by atoms with E-state index in [1.807, 2.05) is 72.8 Å². The van der Waals surface area contributed by atoms with Gasteiger partial charge in [-0.2, -0.15) is 0 Å². The number of hydrogen-bond donors (Lipinski definition) is 3. The molecular formula is C30H29N3O4. The second kappa shape index (κ2) is 9.85. The third-order valence-corrected chi connectivity index (χ3v) is 6.93. The van der Waals surface area contributed by atoms with E-state index in [1.165, 1.54) is 6.92 Å². The Kier molecular flexibility index (Phi) is 6.44. The summed E-state index contributed by atoms with van der Waals surface area (Å²) in [5.74, 6) is -0.211. The molecule has 0 fully saturated rings. The number of carbonyl (C=O) groups is 1. The Bertz CT molecular complexity index is 1680. The molecule has 0 aliphatic carbocycles. The van der Waals surface area contributed by atoms with E-state index >= 15 is 0 Å². The smallest absolute Gasteiger partial charge is 0.258 e. The number of amides is 1. The lowest BCUT2D eigenvalue weighted by atomic mass is 9.84. The summed E-state index contributed by atoms with van der Waals surface area (Å²) in [5.41, 5.74) is 4.02. The third-order valence-electron chi connectivity index (χ3n) is 6.93. The van der Waals surface area contributed by atoms with Crippen molar-refractivity contribution in [1.29, 1.82) is 0 Å². The van der Waals surface area contributed by atoms with Gasteiger partial charge in [0.1, 0.15) is 11.5 Å². The molecule has 5 aromatic rings. The van der Waals surface area contributed by atoms with Crippen LogP contribution in [0.2, 0.25) is 0 Å². The van der Waals surface area contributed by atoms with Crippen molar-refractivity contribution < 1.29 is 14.6 Å². The van der Waals surface area contributed by atoms with Crippen LogP contribution < -0.4 is 15.6 Å². The van der Waals surface area contributed by atoms with Crippen LogP contribution in [0.3, 0.4) is 0 Å². The van der Waals surface area contributed by atoms with Crippen molar-refractivity contribution in [3.63, 3.8) is 0 Å². The standard InChI is InChI=1S/C30H29N3O4/c1-18(34)31-17-16-20-19-10-4-7-13-23(19)32-28(20)26(22-12-6-9-15-25(22)37-3)27-29(35)21-11-5-8-14-24(21)33(2)30(27)36/h4-15,26,32,35H,16-17H2,1-3H3,(H,31,34). The van der Waals surface area contributed by atoms with Crippen LogP contribution in [0, 0.1) is 0 Å². The fourth-order valence-electron chi connectivity index (χ4n) is 5.22. The van der Waals surface area contributed by atoms with Crippen LogP contribution in [0.15, 0.2) is 77.6 Å². The van der Waals surface area contributed by atoms with Gasteiger partial charge in [-0.25, -0.2) is 0 Å². The second-order valence-corrected chi connectivity index (χ2v) is 9.11. The number of pyridine rings is 1. The molecule has 2 aromatic heterocycles. The molecule has 0 bridgehead atoms. The van der Waals surface area contributed by atoms with Crippen molar-refractivity contribution in [1.82, 2.24) is 14.9 Å². The molecule has 3 aromatic carbocycles. The minimum Gasteiger partial charge on any atom is -0.507 e. The Balaban J connectivity index is 1.86. The molecule has 7 heteroatoms. The number of benzene rings is 3. The number of fused-ring (bicyclic) bond motifs is 2. The van der Waals surface area contributed by atoms with Gasteiger partial charge in [-0.1, -0.05) is 48.5 Å². The number of H-pyrrole nitrogens is 1. The number of para-hydroxylation sites is 3. The summed E-state index contributed by atoms with van der Waals surface area (Å²) in [4.78, 5) is 29.1. The Labute approximate surface area is 214 Å². The van der Waals surface area contributed by atoms with E-state index in [0.29, 0.717) is 29.6 Å². The Morgan fingerprint density at radius 1 is 1.03 bits per heavy atom. The van der Waals surface area contributed by atoms with Crippen LogP contribution >= 0.6 is 0 Å². The summed E-state index contributed by atoms with van der Waals surface area (Å²) in [6.45, 7) is 1.93. The number of aromatic nitrogens is 2. The maximum Gasteiger partial charge on any atom is 0.258 e. The molecule has 3 N–H and O–H groups in total. The fourth-order valence-corrected chi connectivity index (χ4v) is 5.22. The molecular weight excluding hydrogens is 466 g/mol. The van der Waals surface area contributed by atoms with Crippen LogP contribution in [-0.4, -0.2) is 34.2 Å². The highest BCUT2D eigenvalue weighted by Crippen LogP contribution is 2.43. The predicted octanol–water partition coefficient (Wildman–Crippen LogP) is 4.59. The molecule has 0 aliphatic rings. The minimum atomic E-state index is -0.654. The number of aryl methyl sites for hydroxylation is 1. The first-order valence-corrected chi connectivity index (χ1v) is 12.2. The van der Waals surface area contributed by atoms with Gasteiger partial charge in [-0.05, 0) is 36.2 Å². The zero-order chi connectivity index (χ0) is 26.1. The van der Waals surface area contributed by atoms with Gasteiger partial charge in [-0.15, -0.1) is 0 Å². The largest absolute Gasteiger partial charge is 0.507 e. The summed E-state index contributed by atoms with van der Waals surface area (Å²) in [5, 5.41) is 16.1. The number of nitrogens with one attached hydrogen (secondary N) is 2. The highest BCUT2D eigenvalue weighted by molar-refractivity contribution is 5.88. The van der Waals surface area contributed by atoms with Crippen molar-refractivity contribution in [2.75, 3.05) is 13.7 Å². The summed E-state index contributed by atoms with van der Waals surface area (Å²) in [7, 11) is 3.31.